The number of benzene rings is 2. The van der Waals surface area contributed by atoms with E-state index in [4.69, 9.17) is 10.5 Å². The van der Waals surface area contributed by atoms with Crippen molar-refractivity contribution in [1.29, 1.82) is 0 Å². The van der Waals surface area contributed by atoms with Gasteiger partial charge >= 0.3 is 0 Å². The molecule has 100 valence electrons. The van der Waals surface area contributed by atoms with Gasteiger partial charge in [-0.3, -0.25) is 0 Å². The molecule has 0 saturated carbocycles. The molecular weight excluding hydrogens is 309 g/mol. The topological polar surface area (TPSA) is 35.2 Å². The molecule has 0 bridgehead atoms. The molecule has 19 heavy (non-hydrogen) atoms. The van der Waals surface area contributed by atoms with E-state index in [-0.39, 0.29) is 11.9 Å². The maximum Gasteiger partial charge on any atom is 0.141 e. The fourth-order valence-corrected chi connectivity index (χ4v) is 2.03. The smallest absolute Gasteiger partial charge is 0.141 e. The van der Waals surface area contributed by atoms with Crippen LogP contribution in [0.15, 0.2) is 46.9 Å². The summed E-state index contributed by atoms with van der Waals surface area (Å²) in [5.41, 5.74) is 6.87. The highest BCUT2D eigenvalue weighted by Gasteiger charge is 2.04. The van der Waals surface area contributed by atoms with Crippen LogP contribution in [0.2, 0.25) is 0 Å². The predicted molar refractivity (Wildman–Crippen MR) is 78.0 cm³/mol. The maximum absolute atomic E-state index is 13.4. The first kappa shape index (κ1) is 14.0. The number of rotatable bonds is 4. The van der Waals surface area contributed by atoms with Crippen molar-refractivity contribution in [3.63, 3.8) is 0 Å². The molecule has 0 saturated heterocycles. The van der Waals surface area contributed by atoms with Gasteiger partial charge in [0, 0.05) is 12.1 Å². The number of halogens is 2. The van der Waals surface area contributed by atoms with E-state index in [2.05, 4.69) is 15.9 Å². The molecule has 2 aromatic carbocycles. The molecule has 2 aromatic rings. The second-order valence-corrected chi connectivity index (χ2v) is 5.36. The average molecular weight is 324 g/mol. The SMILES string of the molecule is CC(N)Cc1cccc(Oc2ccc(Br)c(F)c2)c1. The summed E-state index contributed by atoms with van der Waals surface area (Å²) in [6.07, 6.45) is 0.784. The molecule has 0 radical (unpaired) electrons. The zero-order valence-corrected chi connectivity index (χ0v) is 12.2. The molecular formula is C15H15BrFNO. The predicted octanol–water partition coefficient (Wildman–Crippen LogP) is 4.27. The van der Waals surface area contributed by atoms with Gasteiger partial charge in [0.15, 0.2) is 0 Å². The van der Waals surface area contributed by atoms with Gasteiger partial charge in [0.05, 0.1) is 4.47 Å². The zero-order valence-electron chi connectivity index (χ0n) is 10.6. The molecule has 4 heteroatoms. The van der Waals surface area contributed by atoms with E-state index in [9.17, 15) is 4.39 Å². The Hall–Kier alpha value is -1.39. The lowest BCUT2D eigenvalue weighted by Gasteiger charge is -2.09. The van der Waals surface area contributed by atoms with Gasteiger partial charge < -0.3 is 10.5 Å². The highest BCUT2D eigenvalue weighted by molar-refractivity contribution is 9.10. The van der Waals surface area contributed by atoms with Gasteiger partial charge in [-0.15, -0.1) is 0 Å². The molecule has 0 amide bonds. The van der Waals surface area contributed by atoms with Gasteiger partial charge in [0.25, 0.3) is 0 Å². The minimum Gasteiger partial charge on any atom is -0.457 e. The Morgan fingerprint density at radius 2 is 1.95 bits per heavy atom. The Balaban J connectivity index is 2.16. The molecule has 2 N–H and O–H groups in total. The molecule has 0 aliphatic heterocycles. The lowest BCUT2D eigenvalue weighted by atomic mass is 10.1. The summed E-state index contributed by atoms with van der Waals surface area (Å²) in [7, 11) is 0. The molecule has 0 spiro atoms. The third kappa shape index (κ3) is 4.04. The van der Waals surface area contributed by atoms with Crippen molar-refractivity contribution in [2.45, 2.75) is 19.4 Å². The first-order valence-corrected chi connectivity index (χ1v) is 6.81. The largest absolute Gasteiger partial charge is 0.457 e. The summed E-state index contributed by atoms with van der Waals surface area (Å²) in [5.74, 6) is 0.808. The summed E-state index contributed by atoms with van der Waals surface area (Å²) >= 11 is 3.11. The summed E-state index contributed by atoms with van der Waals surface area (Å²) in [4.78, 5) is 0. The molecule has 0 aromatic heterocycles. The van der Waals surface area contributed by atoms with Crippen LogP contribution in [0, 0.1) is 5.82 Å². The van der Waals surface area contributed by atoms with E-state index in [1.165, 1.54) is 6.07 Å². The summed E-state index contributed by atoms with van der Waals surface area (Å²) in [6, 6.07) is 12.4. The highest BCUT2D eigenvalue weighted by atomic mass is 79.9. The van der Waals surface area contributed by atoms with Crippen molar-refractivity contribution in [1.82, 2.24) is 0 Å². The van der Waals surface area contributed by atoms with E-state index in [0.717, 1.165) is 12.0 Å². The van der Waals surface area contributed by atoms with Gasteiger partial charge in [-0.2, -0.15) is 0 Å². The molecule has 0 heterocycles. The minimum atomic E-state index is -0.343. The second kappa shape index (κ2) is 6.17. The number of hydrogen-bond acceptors (Lipinski definition) is 2. The fourth-order valence-electron chi connectivity index (χ4n) is 1.78. The Bertz CT molecular complexity index is 572. The average Bonchev–Trinajstić information content (AvgIpc) is 2.33. The normalized spacial score (nSPS) is 12.2. The standard InChI is InChI=1S/C15H15BrFNO/c1-10(18)7-11-3-2-4-12(8-11)19-13-5-6-14(16)15(17)9-13/h2-6,8-10H,7,18H2,1H3. The Morgan fingerprint density at radius 3 is 2.63 bits per heavy atom. The van der Waals surface area contributed by atoms with Crippen LogP contribution in [0.5, 0.6) is 11.5 Å². The van der Waals surface area contributed by atoms with E-state index in [1.807, 2.05) is 31.2 Å². The number of hydrogen-bond donors (Lipinski definition) is 1. The zero-order chi connectivity index (χ0) is 13.8. The molecule has 1 unspecified atom stereocenters. The van der Waals surface area contributed by atoms with Crippen LogP contribution in [0.4, 0.5) is 4.39 Å². The van der Waals surface area contributed by atoms with E-state index >= 15 is 0 Å². The molecule has 2 rings (SSSR count). The van der Waals surface area contributed by atoms with Crippen LogP contribution in [-0.2, 0) is 6.42 Å². The highest BCUT2D eigenvalue weighted by Crippen LogP contribution is 2.26. The van der Waals surface area contributed by atoms with Crippen LogP contribution < -0.4 is 10.5 Å². The Morgan fingerprint density at radius 1 is 1.21 bits per heavy atom. The van der Waals surface area contributed by atoms with Gasteiger partial charge in [-0.1, -0.05) is 12.1 Å². The molecule has 0 aliphatic carbocycles. The van der Waals surface area contributed by atoms with Crippen LogP contribution in [0.25, 0.3) is 0 Å². The summed E-state index contributed by atoms with van der Waals surface area (Å²) < 4.78 is 19.4. The molecule has 0 aliphatic rings. The second-order valence-electron chi connectivity index (χ2n) is 4.51. The minimum absolute atomic E-state index is 0.0976. The summed E-state index contributed by atoms with van der Waals surface area (Å²) in [5, 5.41) is 0. The Labute approximate surface area is 120 Å². The lowest BCUT2D eigenvalue weighted by Crippen LogP contribution is -2.17. The first-order valence-electron chi connectivity index (χ1n) is 6.02. The first-order chi connectivity index (χ1) is 9.04. The van der Waals surface area contributed by atoms with Crippen LogP contribution in [0.3, 0.4) is 0 Å². The van der Waals surface area contributed by atoms with Crippen molar-refractivity contribution in [3.8, 4) is 11.5 Å². The fraction of sp³-hybridized carbons (Fsp3) is 0.200. The van der Waals surface area contributed by atoms with Crippen LogP contribution >= 0.6 is 15.9 Å². The van der Waals surface area contributed by atoms with Crippen molar-refractivity contribution < 1.29 is 9.13 Å². The quantitative estimate of drug-likeness (QED) is 0.911. The van der Waals surface area contributed by atoms with Gasteiger partial charge in [-0.05, 0) is 59.1 Å². The third-order valence-electron chi connectivity index (χ3n) is 2.58. The van der Waals surface area contributed by atoms with Crippen LogP contribution in [0.1, 0.15) is 12.5 Å². The molecule has 0 fully saturated rings. The maximum atomic E-state index is 13.4. The number of nitrogens with two attached hydrogens (primary N) is 1. The van der Waals surface area contributed by atoms with Crippen molar-refractivity contribution in [2.24, 2.45) is 5.73 Å². The van der Waals surface area contributed by atoms with Gasteiger partial charge in [0.2, 0.25) is 0 Å². The summed E-state index contributed by atoms with van der Waals surface area (Å²) in [6.45, 7) is 1.96. The molecule has 1 atom stereocenters. The third-order valence-corrected chi connectivity index (χ3v) is 3.23. The Kier molecular flexibility index (Phi) is 4.56. The van der Waals surface area contributed by atoms with E-state index < -0.39 is 0 Å². The van der Waals surface area contributed by atoms with E-state index in [0.29, 0.717) is 16.0 Å². The number of ether oxygens (including phenoxy) is 1. The molecule has 2 nitrogen and oxygen atoms in total. The van der Waals surface area contributed by atoms with Crippen LogP contribution in [-0.4, -0.2) is 6.04 Å². The van der Waals surface area contributed by atoms with Gasteiger partial charge in [0.1, 0.15) is 17.3 Å². The van der Waals surface area contributed by atoms with Crippen molar-refractivity contribution in [2.75, 3.05) is 0 Å². The monoisotopic (exact) mass is 323 g/mol. The van der Waals surface area contributed by atoms with Crippen molar-refractivity contribution in [3.05, 3.63) is 58.3 Å². The van der Waals surface area contributed by atoms with Crippen molar-refractivity contribution >= 4 is 15.9 Å². The lowest BCUT2D eigenvalue weighted by molar-refractivity contribution is 0.475. The van der Waals surface area contributed by atoms with E-state index in [1.54, 1.807) is 12.1 Å². The van der Waals surface area contributed by atoms with Gasteiger partial charge in [-0.25, -0.2) is 4.39 Å².